The van der Waals surface area contributed by atoms with Crippen molar-refractivity contribution >= 4 is 22.0 Å². The monoisotopic (exact) mass is 355 g/mol. The Balaban J connectivity index is 1.82. The van der Waals surface area contributed by atoms with Gasteiger partial charge in [-0.3, -0.25) is 0 Å². The van der Waals surface area contributed by atoms with E-state index in [1.165, 1.54) is 12.1 Å². The molecule has 0 aliphatic carbocycles. The molecule has 2 aromatic rings. The average Bonchev–Trinajstić information content (AvgIpc) is 2.89. The van der Waals surface area contributed by atoms with Crippen molar-refractivity contribution in [3.8, 4) is 0 Å². The molecule has 2 amide bonds. The molecule has 2 N–H and O–H groups in total. The van der Waals surface area contributed by atoms with E-state index in [2.05, 4.69) is 36.8 Å². The van der Waals surface area contributed by atoms with E-state index in [9.17, 15) is 9.18 Å². The molecule has 0 spiro atoms. The predicted octanol–water partition coefficient (Wildman–Crippen LogP) is 2.20. The third-order valence-corrected chi connectivity index (χ3v) is 3.28. The zero-order valence-electron chi connectivity index (χ0n) is 11.4. The van der Waals surface area contributed by atoms with Gasteiger partial charge < -0.3 is 15.2 Å². The van der Waals surface area contributed by atoms with E-state index < -0.39 is 0 Å². The highest BCUT2D eigenvalue weighted by Crippen LogP contribution is 2.14. The molecule has 6 nitrogen and oxygen atoms in total. The van der Waals surface area contributed by atoms with E-state index in [0.717, 1.165) is 6.54 Å². The minimum absolute atomic E-state index is 0.239. The van der Waals surface area contributed by atoms with Crippen LogP contribution in [0.25, 0.3) is 0 Å². The summed E-state index contributed by atoms with van der Waals surface area (Å²) in [5.41, 5.74) is 0.675. The number of urea groups is 1. The average molecular weight is 356 g/mol. The van der Waals surface area contributed by atoms with Gasteiger partial charge in [0.2, 0.25) is 0 Å². The lowest BCUT2D eigenvalue weighted by atomic mass is 10.2. The lowest BCUT2D eigenvalue weighted by Crippen LogP contribution is -2.35. The van der Waals surface area contributed by atoms with Crippen molar-refractivity contribution in [2.75, 3.05) is 0 Å². The number of hydrogen-bond acceptors (Lipinski definition) is 3. The summed E-state index contributed by atoms with van der Waals surface area (Å²) in [7, 11) is 0. The van der Waals surface area contributed by atoms with Crippen LogP contribution in [0.3, 0.4) is 0 Å². The molecule has 0 unspecified atom stereocenters. The number of aromatic nitrogens is 3. The number of benzene rings is 1. The standard InChI is InChI=1S/C13H15BrFN5O/c1-2-20-8-18-19-12(20)7-17-13(21)16-6-9-3-10(14)5-11(15)4-9/h3-5,8H,2,6-7H2,1H3,(H2,16,17,21). The predicted molar refractivity (Wildman–Crippen MR) is 78.9 cm³/mol. The number of hydrogen-bond donors (Lipinski definition) is 2. The molecule has 0 radical (unpaired) electrons. The van der Waals surface area contributed by atoms with E-state index in [4.69, 9.17) is 0 Å². The first kappa shape index (κ1) is 15.4. The van der Waals surface area contributed by atoms with Crippen LogP contribution in [-0.4, -0.2) is 20.8 Å². The Labute approximate surface area is 129 Å². The third kappa shape index (κ3) is 4.52. The Kier molecular flexibility index (Phi) is 5.26. The number of rotatable bonds is 5. The highest BCUT2D eigenvalue weighted by Gasteiger charge is 2.06. The Morgan fingerprint density at radius 2 is 2.10 bits per heavy atom. The fourth-order valence-corrected chi connectivity index (χ4v) is 2.31. The molecule has 0 aliphatic heterocycles. The third-order valence-electron chi connectivity index (χ3n) is 2.82. The first-order valence-corrected chi connectivity index (χ1v) is 7.21. The molecule has 8 heteroatoms. The van der Waals surface area contributed by atoms with Crippen molar-refractivity contribution in [2.45, 2.75) is 26.6 Å². The summed E-state index contributed by atoms with van der Waals surface area (Å²) in [5.74, 6) is 0.332. The Morgan fingerprint density at radius 1 is 1.33 bits per heavy atom. The smallest absolute Gasteiger partial charge is 0.315 e. The molecule has 1 heterocycles. The van der Waals surface area contributed by atoms with Crippen molar-refractivity contribution in [3.63, 3.8) is 0 Å². The van der Waals surface area contributed by atoms with Gasteiger partial charge in [0.05, 0.1) is 6.54 Å². The van der Waals surface area contributed by atoms with E-state index in [1.807, 2.05) is 11.5 Å². The minimum Gasteiger partial charge on any atom is -0.334 e. The van der Waals surface area contributed by atoms with Gasteiger partial charge in [-0.25, -0.2) is 9.18 Å². The highest BCUT2D eigenvalue weighted by molar-refractivity contribution is 9.10. The summed E-state index contributed by atoms with van der Waals surface area (Å²) >= 11 is 3.21. The van der Waals surface area contributed by atoms with Crippen molar-refractivity contribution in [2.24, 2.45) is 0 Å². The quantitative estimate of drug-likeness (QED) is 0.863. The fourth-order valence-electron chi connectivity index (χ4n) is 1.80. The number of aryl methyl sites for hydroxylation is 1. The second-order valence-electron chi connectivity index (χ2n) is 4.35. The largest absolute Gasteiger partial charge is 0.334 e. The van der Waals surface area contributed by atoms with E-state index >= 15 is 0 Å². The van der Waals surface area contributed by atoms with Crippen LogP contribution in [0.5, 0.6) is 0 Å². The molecule has 0 atom stereocenters. The van der Waals surface area contributed by atoms with Crippen molar-refractivity contribution in [1.82, 2.24) is 25.4 Å². The zero-order valence-corrected chi connectivity index (χ0v) is 13.0. The minimum atomic E-state index is -0.349. The molecule has 0 aliphatic rings. The van der Waals surface area contributed by atoms with Gasteiger partial charge in [0.1, 0.15) is 12.1 Å². The Morgan fingerprint density at radius 3 is 2.81 bits per heavy atom. The molecule has 0 bridgehead atoms. The van der Waals surface area contributed by atoms with Crippen LogP contribution in [0.4, 0.5) is 9.18 Å². The molecular weight excluding hydrogens is 341 g/mol. The van der Waals surface area contributed by atoms with Crippen molar-refractivity contribution < 1.29 is 9.18 Å². The fraction of sp³-hybridized carbons (Fsp3) is 0.308. The van der Waals surface area contributed by atoms with E-state index in [1.54, 1.807) is 12.4 Å². The molecule has 21 heavy (non-hydrogen) atoms. The van der Waals surface area contributed by atoms with Gasteiger partial charge in [0.15, 0.2) is 5.82 Å². The summed E-state index contributed by atoms with van der Waals surface area (Å²) in [6, 6.07) is 4.14. The maximum Gasteiger partial charge on any atom is 0.315 e. The number of amides is 2. The van der Waals surface area contributed by atoms with Crippen molar-refractivity contribution in [1.29, 1.82) is 0 Å². The topological polar surface area (TPSA) is 71.8 Å². The van der Waals surface area contributed by atoms with Gasteiger partial charge in [-0.1, -0.05) is 15.9 Å². The van der Waals surface area contributed by atoms with Gasteiger partial charge in [-0.2, -0.15) is 0 Å². The maximum atomic E-state index is 13.2. The molecule has 1 aromatic heterocycles. The molecule has 1 aromatic carbocycles. The van der Waals surface area contributed by atoms with Gasteiger partial charge in [0, 0.05) is 17.6 Å². The summed E-state index contributed by atoms with van der Waals surface area (Å²) in [4.78, 5) is 11.7. The lowest BCUT2D eigenvalue weighted by molar-refractivity contribution is 0.239. The van der Waals surface area contributed by atoms with Crippen LogP contribution in [0.1, 0.15) is 18.3 Å². The maximum absolute atomic E-state index is 13.2. The van der Waals surface area contributed by atoms with Gasteiger partial charge in [-0.15, -0.1) is 10.2 Å². The van der Waals surface area contributed by atoms with Crippen molar-refractivity contribution in [3.05, 3.63) is 46.2 Å². The summed E-state index contributed by atoms with van der Waals surface area (Å²) in [6.45, 7) is 3.23. The number of halogens is 2. The van der Waals surface area contributed by atoms with Gasteiger partial charge in [0.25, 0.3) is 0 Å². The molecule has 112 valence electrons. The number of carbonyl (C=O) groups is 1. The van der Waals surface area contributed by atoms with E-state index in [0.29, 0.717) is 15.9 Å². The number of nitrogens with zero attached hydrogens (tertiary/aromatic N) is 3. The van der Waals surface area contributed by atoms with Crippen LogP contribution in [-0.2, 0) is 19.6 Å². The van der Waals surface area contributed by atoms with E-state index in [-0.39, 0.29) is 24.9 Å². The van der Waals surface area contributed by atoms with Crippen LogP contribution >= 0.6 is 15.9 Å². The van der Waals surface area contributed by atoms with Crippen LogP contribution in [0.2, 0.25) is 0 Å². The lowest BCUT2D eigenvalue weighted by Gasteiger charge is -2.08. The van der Waals surface area contributed by atoms with Crippen LogP contribution in [0, 0.1) is 5.82 Å². The second kappa shape index (κ2) is 7.16. The summed E-state index contributed by atoms with van der Waals surface area (Å²) < 4.78 is 15.7. The van der Waals surface area contributed by atoms with Gasteiger partial charge >= 0.3 is 6.03 Å². The van der Waals surface area contributed by atoms with Crippen LogP contribution < -0.4 is 10.6 Å². The number of nitrogens with one attached hydrogen (secondary N) is 2. The Hall–Kier alpha value is -1.96. The first-order valence-electron chi connectivity index (χ1n) is 6.42. The molecule has 2 rings (SSSR count). The molecule has 0 saturated carbocycles. The molecular formula is C13H15BrFN5O. The highest BCUT2D eigenvalue weighted by atomic mass is 79.9. The first-order chi connectivity index (χ1) is 10.1. The van der Waals surface area contributed by atoms with Crippen LogP contribution in [0.15, 0.2) is 29.0 Å². The SMILES string of the molecule is CCn1cnnc1CNC(=O)NCc1cc(F)cc(Br)c1. The Bertz CT molecular complexity index is 611. The molecule has 0 fully saturated rings. The normalized spacial score (nSPS) is 10.4. The summed E-state index contributed by atoms with van der Waals surface area (Å²) in [6.07, 6.45) is 1.61. The number of carbonyl (C=O) groups excluding carboxylic acids is 1. The zero-order chi connectivity index (χ0) is 15.2. The summed E-state index contributed by atoms with van der Waals surface area (Å²) in [5, 5.41) is 13.0. The second-order valence-corrected chi connectivity index (χ2v) is 5.26. The molecule has 0 saturated heterocycles. The van der Waals surface area contributed by atoms with Gasteiger partial charge in [-0.05, 0) is 30.7 Å².